The fourth-order valence-corrected chi connectivity index (χ4v) is 14.1. The maximum Gasteiger partial charge on any atom is 0.160 e. The first-order valence-electron chi connectivity index (χ1n) is 29.1. The molecule has 18 aromatic rings. The van der Waals surface area contributed by atoms with Crippen molar-refractivity contribution < 1.29 is 0 Å². The molecule has 0 saturated carbocycles. The van der Waals surface area contributed by atoms with Crippen molar-refractivity contribution >= 4 is 115 Å². The van der Waals surface area contributed by atoms with Gasteiger partial charge in [-0.1, -0.05) is 218 Å². The number of pyridine rings is 2. The number of benzene rings is 14. The van der Waals surface area contributed by atoms with Gasteiger partial charge in [0.25, 0.3) is 0 Å². The van der Waals surface area contributed by atoms with E-state index >= 15 is 0 Å². The molecule has 0 fully saturated rings. The van der Waals surface area contributed by atoms with Crippen LogP contribution in [0.5, 0.6) is 0 Å². The molecular formula is C81H48N4. The molecule has 0 atom stereocenters. The minimum Gasteiger partial charge on any atom is -0.308 e. The fourth-order valence-electron chi connectivity index (χ4n) is 14.1. The summed E-state index contributed by atoms with van der Waals surface area (Å²) in [6, 6.07) is 102. The van der Waals surface area contributed by atoms with Gasteiger partial charge in [-0.2, -0.15) is 0 Å². The number of hydrogen-bond donors (Lipinski definition) is 0. The highest BCUT2D eigenvalue weighted by molar-refractivity contribution is 6.33. The Kier molecular flexibility index (Phi) is 10.4. The zero-order valence-electron chi connectivity index (χ0n) is 46.0. The van der Waals surface area contributed by atoms with Crippen LogP contribution < -0.4 is 0 Å². The topological polar surface area (TPSA) is 43.1 Å². The molecule has 4 heteroatoms. The van der Waals surface area contributed by atoms with Crippen molar-refractivity contribution in [1.29, 1.82) is 0 Å². The number of hydrogen-bond acceptors (Lipinski definition) is 3. The quantitative estimate of drug-likeness (QED) is 0.112. The fraction of sp³-hybridized carbons (Fsp3) is 0. The Balaban J connectivity index is 0.883. The molecule has 392 valence electrons. The van der Waals surface area contributed by atoms with Crippen molar-refractivity contribution in [2.75, 3.05) is 0 Å². The molecule has 85 heavy (non-hydrogen) atoms. The lowest BCUT2D eigenvalue weighted by Gasteiger charge is -2.20. The van der Waals surface area contributed by atoms with E-state index in [2.05, 4.69) is 283 Å². The lowest BCUT2D eigenvalue weighted by molar-refractivity contribution is 1.17. The molecule has 18 rings (SSSR count). The van der Waals surface area contributed by atoms with Gasteiger partial charge in [0.05, 0.1) is 33.5 Å². The number of rotatable bonds is 8. The third-order valence-electron chi connectivity index (χ3n) is 17.9. The molecule has 0 amide bonds. The van der Waals surface area contributed by atoms with Gasteiger partial charge in [0.1, 0.15) is 0 Å². The number of fused-ring (bicyclic) bond motifs is 9. The van der Waals surface area contributed by atoms with Gasteiger partial charge in [-0.25, -0.2) is 9.97 Å². The third-order valence-corrected chi connectivity index (χ3v) is 17.9. The van der Waals surface area contributed by atoms with Crippen molar-refractivity contribution in [1.82, 2.24) is 19.4 Å². The molecule has 14 aromatic carbocycles. The molecule has 0 aliphatic heterocycles. The van der Waals surface area contributed by atoms with Crippen molar-refractivity contribution in [2.45, 2.75) is 0 Å². The van der Waals surface area contributed by atoms with E-state index in [1.165, 1.54) is 103 Å². The summed E-state index contributed by atoms with van der Waals surface area (Å²) in [6.07, 6.45) is 4.20. The Morgan fingerprint density at radius 1 is 0.329 bits per heavy atom. The van der Waals surface area contributed by atoms with Crippen LogP contribution in [0.3, 0.4) is 0 Å². The van der Waals surface area contributed by atoms with Crippen LogP contribution in [0.15, 0.2) is 285 Å². The Labute approximate surface area is 489 Å². The molecule has 0 saturated heterocycles. The molecule has 0 aliphatic rings. The molecule has 0 bridgehead atoms. The lowest BCUT2D eigenvalue weighted by Crippen LogP contribution is -1.98. The Bertz CT molecular complexity index is 5700. The van der Waals surface area contributed by atoms with Gasteiger partial charge in [-0.15, -0.1) is 0 Å². The van der Waals surface area contributed by atoms with E-state index in [-0.39, 0.29) is 0 Å². The Morgan fingerprint density at radius 3 is 1.76 bits per heavy atom. The summed E-state index contributed by atoms with van der Waals surface area (Å²) in [4.78, 5) is 15.6. The van der Waals surface area contributed by atoms with E-state index < -0.39 is 0 Å². The maximum atomic E-state index is 5.46. The first-order valence-corrected chi connectivity index (χ1v) is 29.1. The van der Waals surface area contributed by atoms with Gasteiger partial charge in [-0.05, 0) is 171 Å². The van der Waals surface area contributed by atoms with Crippen LogP contribution in [0.4, 0.5) is 0 Å². The van der Waals surface area contributed by atoms with E-state index in [0.29, 0.717) is 5.82 Å². The maximum absolute atomic E-state index is 5.46. The molecule has 4 nitrogen and oxygen atoms in total. The Hall–Kier alpha value is -11.3. The molecule has 0 radical (unpaired) electrons. The van der Waals surface area contributed by atoms with Gasteiger partial charge in [0, 0.05) is 44.3 Å². The summed E-state index contributed by atoms with van der Waals surface area (Å²) in [7, 11) is 0. The second kappa shape index (κ2) is 18.6. The Morgan fingerprint density at radius 2 is 0.965 bits per heavy atom. The second-order valence-corrected chi connectivity index (χ2v) is 22.6. The standard InChI is InChI=1S/C81H48N4/c1-4-16-49(17-5-1)57-42-58(50-18-6-2-7-19-50)44-59(43-57)70(47-60-48-73(84-81(83-60)54-21-8-3-9-22-54)63-27-12-23-51-20-10-11-26-61(51)63)62-35-33-56-46-69(64-28-13-24-52-31-36-65(62)77(56)76(52)64)55-34-39-74-71(45-55)66-37-32-53-25-14-29-68-78(53)80(66)85(74)75-40-38-72-67(79(68)75)30-15-41-82-72/h1-48H/b70-47+. The molecule has 4 heterocycles. The normalized spacial score (nSPS) is 12.3. The van der Waals surface area contributed by atoms with Gasteiger partial charge in [-0.3, -0.25) is 4.98 Å². The third kappa shape index (κ3) is 7.39. The predicted molar refractivity (Wildman–Crippen MR) is 358 cm³/mol. The van der Waals surface area contributed by atoms with Crippen molar-refractivity contribution in [3.05, 3.63) is 302 Å². The minimum absolute atomic E-state index is 0.673. The first kappa shape index (κ1) is 47.3. The van der Waals surface area contributed by atoms with E-state index in [9.17, 15) is 0 Å². The highest BCUT2D eigenvalue weighted by atomic mass is 14.9. The van der Waals surface area contributed by atoms with Crippen molar-refractivity contribution in [3.63, 3.8) is 0 Å². The average molecular weight is 1080 g/mol. The van der Waals surface area contributed by atoms with E-state index in [0.717, 1.165) is 72.4 Å². The smallest absolute Gasteiger partial charge is 0.160 e. The zero-order valence-corrected chi connectivity index (χ0v) is 46.0. The van der Waals surface area contributed by atoms with Gasteiger partial charge in [0.15, 0.2) is 5.82 Å². The molecule has 0 N–H and O–H groups in total. The van der Waals surface area contributed by atoms with Crippen LogP contribution in [-0.4, -0.2) is 19.4 Å². The van der Waals surface area contributed by atoms with Crippen LogP contribution in [0.2, 0.25) is 0 Å². The summed E-state index contributed by atoms with van der Waals surface area (Å²) in [5.41, 5.74) is 18.6. The van der Waals surface area contributed by atoms with Crippen LogP contribution in [0.1, 0.15) is 16.8 Å². The van der Waals surface area contributed by atoms with Crippen LogP contribution >= 0.6 is 0 Å². The zero-order chi connectivity index (χ0) is 55.7. The van der Waals surface area contributed by atoms with Crippen LogP contribution in [0, 0.1) is 0 Å². The predicted octanol–water partition coefficient (Wildman–Crippen LogP) is 21.3. The van der Waals surface area contributed by atoms with E-state index in [1.807, 2.05) is 12.3 Å². The SMILES string of the molecule is C(=C(/c1cc(-c2ccccc2)cc(-c2ccccc2)c1)c1ccc2cc(-c3ccc4c(c3)c3ccc5cccc6c7c8cccnc8ccc7n4c3c56)c3cccc4ccc1c2c43)/c1cc(-c2cccc3ccccc23)nc(-c2ccccc2)n1. The number of aromatic nitrogens is 4. The first-order chi connectivity index (χ1) is 42.1. The lowest BCUT2D eigenvalue weighted by atomic mass is 9.84. The number of nitrogens with zero attached hydrogens (tertiary/aromatic N) is 4. The molecule has 0 unspecified atom stereocenters. The summed E-state index contributed by atoms with van der Waals surface area (Å²) in [5, 5.41) is 18.3. The molecule has 0 spiro atoms. The highest BCUT2D eigenvalue weighted by Gasteiger charge is 2.23. The molecular weight excluding hydrogens is 1030 g/mol. The minimum atomic E-state index is 0.673. The summed E-state index contributed by atoms with van der Waals surface area (Å²) in [6.45, 7) is 0. The van der Waals surface area contributed by atoms with Gasteiger partial charge < -0.3 is 4.40 Å². The van der Waals surface area contributed by atoms with Crippen molar-refractivity contribution in [2.24, 2.45) is 0 Å². The highest BCUT2D eigenvalue weighted by Crippen LogP contribution is 2.48. The van der Waals surface area contributed by atoms with Crippen LogP contribution in [-0.2, 0) is 0 Å². The van der Waals surface area contributed by atoms with Gasteiger partial charge in [0.2, 0.25) is 0 Å². The molecule has 4 aromatic heterocycles. The summed E-state index contributed by atoms with van der Waals surface area (Å²) >= 11 is 0. The van der Waals surface area contributed by atoms with E-state index in [1.54, 1.807) is 0 Å². The largest absolute Gasteiger partial charge is 0.308 e. The van der Waals surface area contributed by atoms with Gasteiger partial charge >= 0.3 is 0 Å². The van der Waals surface area contributed by atoms with Crippen molar-refractivity contribution in [3.8, 4) is 56.0 Å². The van der Waals surface area contributed by atoms with E-state index in [4.69, 9.17) is 15.0 Å². The summed E-state index contributed by atoms with van der Waals surface area (Å²) < 4.78 is 2.51. The average Bonchev–Trinajstić information content (AvgIpc) is 2.40. The van der Waals surface area contributed by atoms with Crippen LogP contribution in [0.25, 0.3) is 171 Å². The second-order valence-electron chi connectivity index (χ2n) is 22.6. The monoisotopic (exact) mass is 1080 g/mol. The summed E-state index contributed by atoms with van der Waals surface area (Å²) in [5.74, 6) is 0.673. The molecule has 0 aliphatic carbocycles.